The number of hydrazine groups is 1. The second kappa shape index (κ2) is 5.71. The van der Waals surface area contributed by atoms with Gasteiger partial charge >= 0.3 is 0 Å². The maximum absolute atomic E-state index is 6.23. The van der Waals surface area contributed by atoms with Crippen LogP contribution >= 0.6 is 11.6 Å². The third-order valence-electron chi connectivity index (χ3n) is 3.32. The number of nitrogens with two attached hydrogens (primary N) is 1. The molecular weight excluding hydrogens is 276 g/mol. The van der Waals surface area contributed by atoms with E-state index in [4.69, 9.17) is 26.9 Å². The fourth-order valence-electron chi connectivity index (χ4n) is 2.32. The van der Waals surface area contributed by atoms with Crippen LogP contribution in [0.3, 0.4) is 0 Å². The highest BCUT2D eigenvalue weighted by Gasteiger charge is 2.30. The maximum Gasteiger partial charge on any atom is 0.161 e. The Morgan fingerprint density at radius 3 is 2.55 bits per heavy atom. The van der Waals surface area contributed by atoms with Crippen molar-refractivity contribution < 1.29 is 9.47 Å². The van der Waals surface area contributed by atoms with Gasteiger partial charge in [0.25, 0.3) is 0 Å². The van der Waals surface area contributed by atoms with Crippen molar-refractivity contribution in [1.82, 2.24) is 5.43 Å². The topological polar surface area (TPSA) is 56.5 Å². The molecule has 3 rings (SSSR count). The van der Waals surface area contributed by atoms with Crippen LogP contribution in [0.15, 0.2) is 48.5 Å². The summed E-state index contributed by atoms with van der Waals surface area (Å²) in [6, 6.07) is 14.9. The molecule has 0 aromatic heterocycles. The van der Waals surface area contributed by atoms with Gasteiger partial charge in [-0.1, -0.05) is 41.9 Å². The number of rotatable bonds is 3. The molecule has 20 heavy (non-hydrogen) atoms. The van der Waals surface area contributed by atoms with Gasteiger partial charge in [0.05, 0.1) is 6.04 Å². The van der Waals surface area contributed by atoms with Crippen molar-refractivity contribution in [1.29, 1.82) is 0 Å². The molecule has 0 bridgehead atoms. The van der Waals surface area contributed by atoms with Crippen molar-refractivity contribution in [3.63, 3.8) is 0 Å². The lowest BCUT2D eigenvalue weighted by atomic mass is 10.0. The van der Waals surface area contributed by atoms with Gasteiger partial charge in [-0.05, 0) is 23.8 Å². The zero-order valence-corrected chi connectivity index (χ0v) is 11.5. The fourth-order valence-corrected chi connectivity index (χ4v) is 2.58. The average molecular weight is 291 g/mol. The molecule has 0 aliphatic carbocycles. The smallest absolute Gasteiger partial charge is 0.161 e. The molecule has 2 unspecified atom stereocenters. The van der Waals surface area contributed by atoms with Crippen LogP contribution in [-0.4, -0.2) is 12.7 Å². The minimum Gasteiger partial charge on any atom is -0.486 e. The van der Waals surface area contributed by atoms with Gasteiger partial charge < -0.3 is 9.47 Å². The third kappa shape index (κ3) is 2.45. The molecule has 2 aromatic rings. The average Bonchev–Trinajstić information content (AvgIpc) is 2.50. The quantitative estimate of drug-likeness (QED) is 0.674. The lowest BCUT2D eigenvalue weighted by Crippen LogP contribution is -2.44. The molecule has 5 heteroatoms. The molecule has 0 spiro atoms. The van der Waals surface area contributed by atoms with E-state index >= 15 is 0 Å². The standard InChI is InChI=1S/C15H15ClN2O2/c16-11-6-2-1-5-10(11)15(18-17)14-9-19-12-7-3-4-8-13(12)20-14/h1-8,14-15,18H,9,17H2. The van der Waals surface area contributed by atoms with Gasteiger partial charge in [0.2, 0.25) is 0 Å². The number of hydrogen-bond acceptors (Lipinski definition) is 4. The van der Waals surface area contributed by atoms with Gasteiger partial charge in [0, 0.05) is 5.02 Å². The monoisotopic (exact) mass is 290 g/mol. The predicted molar refractivity (Wildman–Crippen MR) is 77.9 cm³/mol. The summed E-state index contributed by atoms with van der Waals surface area (Å²) in [6.07, 6.45) is -0.241. The maximum atomic E-state index is 6.23. The lowest BCUT2D eigenvalue weighted by Gasteiger charge is -2.32. The van der Waals surface area contributed by atoms with Crippen LogP contribution < -0.4 is 20.7 Å². The number of hydrogen-bond donors (Lipinski definition) is 2. The molecule has 3 N–H and O–H groups in total. The van der Waals surface area contributed by atoms with Gasteiger partial charge in [0.15, 0.2) is 17.6 Å². The van der Waals surface area contributed by atoms with Crippen molar-refractivity contribution in [3.8, 4) is 11.5 Å². The first-order valence-electron chi connectivity index (χ1n) is 6.38. The molecule has 1 aliphatic heterocycles. The van der Waals surface area contributed by atoms with Crippen LogP contribution in [0, 0.1) is 0 Å². The second-order valence-electron chi connectivity index (χ2n) is 4.58. The summed E-state index contributed by atoms with van der Waals surface area (Å²) in [4.78, 5) is 0. The Labute approximate surface area is 122 Å². The van der Waals surface area contributed by atoms with Crippen molar-refractivity contribution in [2.45, 2.75) is 12.1 Å². The Kier molecular flexibility index (Phi) is 3.78. The second-order valence-corrected chi connectivity index (χ2v) is 4.99. The summed E-state index contributed by atoms with van der Waals surface area (Å²) < 4.78 is 11.7. The lowest BCUT2D eigenvalue weighted by molar-refractivity contribution is 0.0617. The highest BCUT2D eigenvalue weighted by atomic mass is 35.5. The van der Waals surface area contributed by atoms with Gasteiger partial charge in [-0.25, -0.2) is 5.43 Å². The van der Waals surface area contributed by atoms with E-state index in [9.17, 15) is 0 Å². The van der Waals surface area contributed by atoms with Crippen molar-refractivity contribution in [2.75, 3.05) is 6.61 Å². The van der Waals surface area contributed by atoms with Gasteiger partial charge in [-0.3, -0.25) is 5.84 Å². The molecular formula is C15H15ClN2O2. The van der Waals surface area contributed by atoms with Crippen molar-refractivity contribution >= 4 is 11.6 Å². The molecule has 2 aromatic carbocycles. The minimum atomic E-state index is -0.241. The van der Waals surface area contributed by atoms with E-state index in [2.05, 4.69) is 5.43 Å². The van der Waals surface area contributed by atoms with Crippen LogP contribution in [0.1, 0.15) is 11.6 Å². The van der Waals surface area contributed by atoms with Gasteiger partial charge in [-0.2, -0.15) is 0 Å². The number of fused-ring (bicyclic) bond motifs is 1. The van der Waals surface area contributed by atoms with E-state index in [1.165, 1.54) is 0 Å². The van der Waals surface area contributed by atoms with Gasteiger partial charge in [0.1, 0.15) is 6.61 Å². The molecule has 0 radical (unpaired) electrons. The van der Waals surface area contributed by atoms with Crippen molar-refractivity contribution in [3.05, 3.63) is 59.1 Å². The zero-order chi connectivity index (χ0) is 13.9. The molecule has 0 saturated heterocycles. The first-order valence-corrected chi connectivity index (χ1v) is 6.76. The van der Waals surface area contributed by atoms with Crippen molar-refractivity contribution in [2.24, 2.45) is 5.84 Å². The van der Waals surface area contributed by atoms with E-state index in [1.54, 1.807) is 0 Å². The Morgan fingerprint density at radius 1 is 1.10 bits per heavy atom. The van der Waals surface area contributed by atoms with Crippen LogP contribution in [0.5, 0.6) is 11.5 Å². The Bertz CT molecular complexity index is 606. The summed E-state index contributed by atoms with van der Waals surface area (Å²) in [7, 11) is 0. The van der Waals surface area contributed by atoms with E-state index in [1.807, 2.05) is 48.5 Å². The van der Waals surface area contributed by atoms with E-state index < -0.39 is 0 Å². The highest BCUT2D eigenvalue weighted by molar-refractivity contribution is 6.31. The first-order chi connectivity index (χ1) is 9.79. The summed E-state index contributed by atoms with van der Waals surface area (Å²) in [5, 5.41) is 0.651. The number of benzene rings is 2. The minimum absolute atomic E-state index is 0.239. The van der Waals surface area contributed by atoms with E-state index in [0.29, 0.717) is 11.6 Å². The SMILES string of the molecule is NNC(c1ccccc1Cl)C1COc2ccccc2O1. The summed E-state index contributed by atoms with van der Waals surface area (Å²) >= 11 is 6.23. The van der Waals surface area contributed by atoms with Crippen LogP contribution in [0.2, 0.25) is 5.02 Å². The number of halogens is 1. The molecule has 1 heterocycles. The molecule has 2 atom stereocenters. The molecule has 104 valence electrons. The molecule has 0 saturated carbocycles. The number of ether oxygens (including phenoxy) is 2. The summed E-state index contributed by atoms with van der Waals surface area (Å²) in [5.74, 6) is 7.15. The Hall–Kier alpha value is -1.75. The largest absolute Gasteiger partial charge is 0.486 e. The van der Waals surface area contributed by atoms with E-state index in [-0.39, 0.29) is 12.1 Å². The zero-order valence-electron chi connectivity index (χ0n) is 10.8. The number of nitrogens with one attached hydrogen (secondary N) is 1. The number of para-hydroxylation sites is 2. The Morgan fingerprint density at radius 2 is 1.80 bits per heavy atom. The summed E-state index contributed by atoms with van der Waals surface area (Å²) in [6.45, 7) is 0.414. The fraction of sp³-hybridized carbons (Fsp3) is 0.200. The molecule has 1 aliphatic rings. The third-order valence-corrected chi connectivity index (χ3v) is 3.67. The highest BCUT2D eigenvalue weighted by Crippen LogP contribution is 2.35. The summed E-state index contributed by atoms with van der Waals surface area (Å²) in [5.41, 5.74) is 3.66. The molecule has 0 fully saturated rings. The first kappa shape index (κ1) is 13.2. The predicted octanol–water partition coefficient (Wildman–Crippen LogP) is 2.68. The Balaban J connectivity index is 1.87. The van der Waals surface area contributed by atoms with Crippen LogP contribution in [0.25, 0.3) is 0 Å². The molecule has 0 amide bonds. The van der Waals surface area contributed by atoms with Gasteiger partial charge in [-0.15, -0.1) is 0 Å². The van der Waals surface area contributed by atoms with E-state index in [0.717, 1.165) is 17.1 Å². The molecule has 4 nitrogen and oxygen atoms in total. The van der Waals surface area contributed by atoms with Crippen LogP contribution in [0.4, 0.5) is 0 Å². The normalized spacial score (nSPS) is 18.6. The van der Waals surface area contributed by atoms with Crippen LogP contribution in [-0.2, 0) is 0 Å².